The molecule has 1 aromatic carbocycles. The number of carbonyl (C=O) groups is 1. The largest absolute Gasteiger partial charge is 0.478 e. The van der Waals surface area contributed by atoms with Crippen LogP contribution in [0.1, 0.15) is 17.3 Å². The summed E-state index contributed by atoms with van der Waals surface area (Å²) in [5, 5.41) is 16.2. The fourth-order valence-electron chi connectivity index (χ4n) is 1.59. The molecule has 2 aromatic rings. The predicted octanol–water partition coefficient (Wildman–Crippen LogP) is 1.93. The van der Waals surface area contributed by atoms with Crippen LogP contribution >= 0.6 is 0 Å². The highest BCUT2D eigenvalue weighted by Gasteiger charge is 2.09. The van der Waals surface area contributed by atoms with Crippen molar-refractivity contribution >= 4 is 23.0 Å². The molecule has 0 aliphatic rings. The first-order chi connectivity index (χ1) is 8.60. The summed E-state index contributed by atoms with van der Waals surface area (Å²) >= 11 is 0. The van der Waals surface area contributed by atoms with Crippen molar-refractivity contribution in [3.63, 3.8) is 0 Å². The van der Waals surface area contributed by atoms with Gasteiger partial charge in [0.2, 0.25) is 0 Å². The lowest BCUT2D eigenvalue weighted by Crippen LogP contribution is -2.03. The maximum atomic E-state index is 11.0. The van der Waals surface area contributed by atoms with Gasteiger partial charge in [0.25, 0.3) is 0 Å². The first-order valence-electron chi connectivity index (χ1n) is 5.52. The van der Waals surface area contributed by atoms with E-state index in [-0.39, 0.29) is 11.3 Å². The number of aromatic carboxylic acids is 1. The van der Waals surface area contributed by atoms with Gasteiger partial charge in [-0.25, -0.2) is 4.79 Å². The molecule has 6 heteroatoms. The third kappa shape index (κ3) is 2.42. The summed E-state index contributed by atoms with van der Waals surface area (Å²) < 4.78 is 1.78. The normalized spacial score (nSPS) is 10.3. The number of hydrogen-bond donors (Lipinski definition) is 3. The molecule has 0 bridgehead atoms. The van der Waals surface area contributed by atoms with Crippen molar-refractivity contribution in [2.45, 2.75) is 13.5 Å². The Labute approximate surface area is 104 Å². The van der Waals surface area contributed by atoms with Crippen molar-refractivity contribution in [2.24, 2.45) is 0 Å². The van der Waals surface area contributed by atoms with Crippen LogP contribution < -0.4 is 11.1 Å². The fraction of sp³-hybridized carbons (Fsp3) is 0.167. The topological polar surface area (TPSA) is 93.2 Å². The molecule has 0 fully saturated rings. The Kier molecular flexibility index (Phi) is 3.18. The average Bonchev–Trinajstić information content (AvgIpc) is 2.79. The molecule has 0 saturated heterocycles. The van der Waals surface area contributed by atoms with Crippen LogP contribution in [0.4, 0.5) is 17.1 Å². The van der Waals surface area contributed by atoms with Crippen molar-refractivity contribution in [2.75, 3.05) is 11.1 Å². The number of nitrogen functional groups attached to an aromatic ring is 1. The first kappa shape index (κ1) is 12.0. The number of hydrogen-bond acceptors (Lipinski definition) is 4. The quantitative estimate of drug-likeness (QED) is 0.717. The van der Waals surface area contributed by atoms with E-state index in [0.29, 0.717) is 5.69 Å². The Bertz CT molecular complexity index is 577. The van der Waals surface area contributed by atoms with Gasteiger partial charge in [-0.15, -0.1) is 0 Å². The Morgan fingerprint density at radius 1 is 1.50 bits per heavy atom. The molecule has 0 aliphatic heterocycles. The Morgan fingerprint density at radius 3 is 2.89 bits per heavy atom. The van der Waals surface area contributed by atoms with Gasteiger partial charge in [0.1, 0.15) is 0 Å². The van der Waals surface area contributed by atoms with Crippen molar-refractivity contribution in [3.8, 4) is 0 Å². The summed E-state index contributed by atoms with van der Waals surface area (Å²) in [5.74, 6) is -1.04. The Balaban J connectivity index is 2.24. The van der Waals surface area contributed by atoms with Crippen LogP contribution in [0.5, 0.6) is 0 Å². The molecular formula is C12H14N4O2. The van der Waals surface area contributed by atoms with Crippen LogP contribution in [0.3, 0.4) is 0 Å². The summed E-state index contributed by atoms with van der Waals surface area (Å²) in [5.41, 5.74) is 7.39. The number of aromatic nitrogens is 2. The van der Waals surface area contributed by atoms with Crippen LogP contribution in [0.15, 0.2) is 30.6 Å². The number of carboxylic acid groups (broad SMARTS) is 1. The lowest BCUT2D eigenvalue weighted by atomic mass is 10.1. The van der Waals surface area contributed by atoms with Crippen LogP contribution in [-0.2, 0) is 6.54 Å². The second kappa shape index (κ2) is 4.79. The molecule has 6 nitrogen and oxygen atoms in total. The summed E-state index contributed by atoms with van der Waals surface area (Å²) in [6.07, 6.45) is 3.52. The number of benzene rings is 1. The van der Waals surface area contributed by atoms with Gasteiger partial charge < -0.3 is 16.2 Å². The standard InChI is InChI=1S/C12H14N4O2/c1-2-16-7-9(6-14-16)15-8-3-4-11(13)10(5-8)12(17)18/h3-7,15H,2,13H2,1H3,(H,17,18). The molecule has 1 heterocycles. The maximum absolute atomic E-state index is 11.0. The van der Waals surface area contributed by atoms with E-state index in [1.807, 2.05) is 13.1 Å². The number of aryl methyl sites for hydroxylation is 1. The van der Waals surface area contributed by atoms with Crippen LogP contribution in [0.2, 0.25) is 0 Å². The monoisotopic (exact) mass is 246 g/mol. The number of nitrogens with zero attached hydrogens (tertiary/aromatic N) is 2. The van der Waals surface area contributed by atoms with Gasteiger partial charge in [0.15, 0.2) is 0 Å². The molecule has 94 valence electrons. The number of nitrogens with one attached hydrogen (secondary N) is 1. The molecule has 4 N–H and O–H groups in total. The fourth-order valence-corrected chi connectivity index (χ4v) is 1.59. The Hall–Kier alpha value is -2.50. The molecule has 0 amide bonds. The zero-order chi connectivity index (χ0) is 13.1. The van der Waals surface area contributed by atoms with Crippen LogP contribution in [0.25, 0.3) is 0 Å². The SMILES string of the molecule is CCn1cc(Nc2ccc(N)c(C(=O)O)c2)cn1. The molecule has 0 atom stereocenters. The molecule has 18 heavy (non-hydrogen) atoms. The second-order valence-corrected chi connectivity index (χ2v) is 3.82. The zero-order valence-corrected chi connectivity index (χ0v) is 9.92. The van der Waals surface area contributed by atoms with Gasteiger partial charge in [-0.2, -0.15) is 5.10 Å². The minimum Gasteiger partial charge on any atom is -0.478 e. The minimum atomic E-state index is -1.04. The highest BCUT2D eigenvalue weighted by Crippen LogP contribution is 2.21. The van der Waals surface area contributed by atoms with Gasteiger partial charge in [-0.05, 0) is 25.1 Å². The van der Waals surface area contributed by atoms with Crippen LogP contribution in [-0.4, -0.2) is 20.9 Å². The zero-order valence-electron chi connectivity index (χ0n) is 9.92. The van der Waals surface area contributed by atoms with E-state index in [1.165, 1.54) is 6.07 Å². The summed E-state index contributed by atoms with van der Waals surface area (Å²) in [4.78, 5) is 11.0. The first-order valence-corrected chi connectivity index (χ1v) is 5.52. The number of carboxylic acids is 1. The van der Waals surface area contributed by atoms with Gasteiger partial charge >= 0.3 is 5.97 Å². The van der Waals surface area contributed by atoms with Gasteiger partial charge in [0, 0.05) is 24.1 Å². The molecule has 1 aromatic heterocycles. The van der Waals surface area contributed by atoms with Crippen LogP contribution in [0, 0.1) is 0 Å². The van der Waals surface area contributed by atoms with E-state index in [1.54, 1.807) is 23.0 Å². The third-order valence-electron chi connectivity index (χ3n) is 2.53. The highest BCUT2D eigenvalue weighted by molar-refractivity contribution is 5.95. The van der Waals surface area contributed by atoms with E-state index in [2.05, 4.69) is 10.4 Å². The third-order valence-corrected chi connectivity index (χ3v) is 2.53. The lowest BCUT2D eigenvalue weighted by Gasteiger charge is -2.06. The van der Waals surface area contributed by atoms with E-state index in [4.69, 9.17) is 10.8 Å². The summed E-state index contributed by atoms with van der Waals surface area (Å²) in [7, 11) is 0. The van der Waals surface area contributed by atoms with E-state index >= 15 is 0 Å². The Morgan fingerprint density at radius 2 is 2.28 bits per heavy atom. The van der Waals surface area contributed by atoms with E-state index in [0.717, 1.165) is 12.2 Å². The maximum Gasteiger partial charge on any atom is 0.337 e. The van der Waals surface area contributed by atoms with E-state index < -0.39 is 5.97 Å². The minimum absolute atomic E-state index is 0.0860. The van der Waals surface area contributed by atoms with Crippen molar-refractivity contribution in [3.05, 3.63) is 36.2 Å². The number of rotatable bonds is 4. The van der Waals surface area contributed by atoms with Gasteiger partial charge in [-0.1, -0.05) is 0 Å². The molecule has 0 saturated carbocycles. The van der Waals surface area contributed by atoms with Crippen molar-refractivity contribution in [1.29, 1.82) is 0 Å². The van der Waals surface area contributed by atoms with E-state index in [9.17, 15) is 4.79 Å². The molecule has 0 spiro atoms. The van der Waals surface area contributed by atoms with Crippen molar-refractivity contribution in [1.82, 2.24) is 9.78 Å². The lowest BCUT2D eigenvalue weighted by molar-refractivity contribution is 0.0698. The molecule has 0 aliphatic carbocycles. The summed E-state index contributed by atoms with van der Waals surface area (Å²) in [6.45, 7) is 2.77. The number of anilines is 3. The smallest absolute Gasteiger partial charge is 0.337 e. The second-order valence-electron chi connectivity index (χ2n) is 3.82. The molecule has 2 rings (SSSR count). The molecule has 0 radical (unpaired) electrons. The van der Waals surface area contributed by atoms with Gasteiger partial charge in [0.05, 0.1) is 17.4 Å². The average molecular weight is 246 g/mol. The van der Waals surface area contributed by atoms with Crippen molar-refractivity contribution < 1.29 is 9.90 Å². The molecular weight excluding hydrogens is 232 g/mol. The number of nitrogens with two attached hydrogens (primary N) is 1. The molecule has 0 unspecified atom stereocenters. The predicted molar refractivity (Wildman–Crippen MR) is 69.0 cm³/mol. The summed E-state index contributed by atoms with van der Waals surface area (Å²) in [6, 6.07) is 4.79. The highest BCUT2D eigenvalue weighted by atomic mass is 16.4. The van der Waals surface area contributed by atoms with Gasteiger partial charge in [-0.3, -0.25) is 4.68 Å².